The minimum absolute atomic E-state index is 0.140. The summed E-state index contributed by atoms with van der Waals surface area (Å²) in [6.45, 7) is 5.90. The third-order valence-electron chi connectivity index (χ3n) is 4.40. The highest BCUT2D eigenvalue weighted by Gasteiger charge is 2.21. The van der Waals surface area contributed by atoms with E-state index in [-0.39, 0.29) is 5.91 Å². The molecule has 1 aromatic heterocycles. The van der Waals surface area contributed by atoms with Crippen LogP contribution in [0.4, 0.5) is 0 Å². The number of carbonyl (C=O) groups excluding carboxylic acids is 1. The minimum atomic E-state index is 0.140. The van der Waals surface area contributed by atoms with Gasteiger partial charge in [0.25, 0.3) is 0 Å². The highest BCUT2D eigenvalue weighted by Crippen LogP contribution is 2.26. The standard InChI is InChI=1S/C19H21N3OS/c1-13-5-6-15-9-16(10-20)19(21-17(15)8-13)24-12-18(23)22-7-3-4-14(2)11-22/h5-6,8-9,14H,3-4,7,11-12H2,1-2H3/t14-/m0/s1. The van der Waals surface area contributed by atoms with Crippen LogP contribution in [0.1, 0.15) is 30.9 Å². The number of amides is 1. The normalized spacial score (nSPS) is 17.7. The van der Waals surface area contributed by atoms with Gasteiger partial charge >= 0.3 is 0 Å². The second-order valence-corrected chi connectivity index (χ2v) is 7.49. The Bertz CT molecular complexity index is 812. The molecule has 0 bridgehead atoms. The summed E-state index contributed by atoms with van der Waals surface area (Å²) in [6, 6.07) is 10.1. The van der Waals surface area contributed by atoms with Crippen LogP contribution < -0.4 is 0 Å². The number of benzene rings is 1. The Morgan fingerprint density at radius 2 is 2.29 bits per heavy atom. The van der Waals surface area contributed by atoms with Crippen molar-refractivity contribution >= 4 is 28.6 Å². The van der Waals surface area contributed by atoms with Gasteiger partial charge in [-0.15, -0.1) is 0 Å². The van der Waals surface area contributed by atoms with E-state index in [9.17, 15) is 10.1 Å². The van der Waals surface area contributed by atoms with E-state index in [4.69, 9.17) is 0 Å². The molecule has 2 aromatic rings. The molecule has 1 aliphatic heterocycles. The van der Waals surface area contributed by atoms with Crippen molar-refractivity contribution < 1.29 is 4.79 Å². The van der Waals surface area contributed by atoms with Crippen molar-refractivity contribution in [2.45, 2.75) is 31.7 Å². The fraction of sp³-hybridized carbons (Fsp3) is 0.421. The number of likely N-dealkylation sites (tertiary alicyclic amines) is 1. The molecule has 1 fully saturated rings. The van der Waals surface area contributed by atoms with Gasteiger partial charge in [-0.25, -0.2) is 4.98 Å². The number of rotatable bonds is 3. The highest BCUT2D eigenvalue weighted by atomic mass is 32.2. The highest BCUT2D eigenvalue weighted by molar-refractivity contribution is 8.00. The molecule has 4 nitrogen and oxygen atoms in total. The first-order valence-electron chi connectivity index (χ1n) is 8.29. The van der Waals surface area contributed by atoms with E-state index in [0.29, 0.717) is 22.3 Å². The van der Waals surface area contributed by atoms with Gasteiger partial charge in [-0.05, 0) is 43.4 Å². The molecule has 1 atom stereocenters. The molecule has 3 rings (SSSR count). The number of hydrogen-bond acceptors (Lipinski definition) is 4. The van der Waals surface area contributed by atoms with Crippen LogP contribution in [0.15, 0.2) is 29.3 Å². The van der Waals surface area contributed by atoms with Crippen LogP contribution in [0.3, 0.4) is 0 Å². The van der Waals surface area contributed by atoms with Gasteiger partial charge in [-0.2, -0.15) is 5.26 Å². The Morgan fingerprint density at radius 1 is 1.46 bits per heavy atom. The first-order chi connectivity index (χ1) is 11.6. The van der Waals surface area contributed by atoms with Crippen LogP contribution in [0.25, 0.3) is 10.9 Å². The van der Waals surface area contributed by atoms with Crippen molar-refractivity contribution in [3.63, 3.8) is 0 Å². The Hall–Kier alpha value is -2.06. The lowest BCUT2D eigenvalue weighted by Crippen LogP contribution is -2.40. The third-order valence-corrected chi connectivity index (χ3v) is 5.38. The largest absolute Gasteiger partial charge is 0.342 e. The van der Waals surface area contributed by atoms with Crippen molar-refractivity contribution in [2.24, 2.45) is 5.92 Å². The SMILES string of the molecule is Cc1ccc2cc(C#N)c(SCC(=O)N3CCC[C@H](C)C3)nc2c1. The summed E-state index contributed by atoms with van der Waals surface area (Å²) in [6.07, 6.45) is 2.27. The lowest BCUT2D eigenvalue weighted by molar-refractivity contribution is -0.130. The summed E-state index contributed by atoms with van der Waals surface area (Å²) < 4.78 is 0. The number of nitriles is 1. The van der Waals surface area contributed by atoms with Crippen molar-refractivity contribution in [1.82, 2.24) is 9.88 Å². The van der Waals surface area contributed by atoms with Crippen molar-refractivity contribution in [2.75, 3.05) is 18.8 Å². The van der Waals surface area contributed by atoms with Crippen LogP contribution in [-0.2, 0) is 4.79 Å². The Morgan fingerprint density at radius 3 is 3.04 bits per heavy atom. The number of aromatic nitrogens is 1. The average Bonchev–Trinajstić information content (AvgIpc) is 2.58. The number of piperidine rings is 1. The van der Waals surface area contributed by atoms with E-state index in [0.717, 1.165) is 36.0 Å². The fourth-order valence-electron chi connectivity index (χ4n) is 3.09. The number of fused-ring (bicyclic) bond motifs is 1. The molecular weight excluding hydrogens is 318 g/mol. The van der Waals surface area contributed by atoms with Gasteiger partial charge in [-0.3, -0.25) is 4.79 Å². The zero-order valence-electron chi connectivity index (χ0n) is 14.1. The minimum Gasteiger partial charge on any atom is -0.342 e. The van der Waals surface area contributed by atoms with E-state index in [1.807, 2.05) is 36.1 Å². The zero-order chi connectivity index (χ0) is 17.1. The first-order valence-corrected chi connectivity index (χ1v) is 9.27. The summed E-state index contributed by atoms with van der Waals surface area (Å²) in [4.78, 5) is 19.0. The van der Waals surface area contributed by atoms with E-state index in [2.05, 4.69) is 18.0 Å². The maximum atomic E-state index is 12.4. The Kier molecular flexibility index (Phi) is 5.06. The number of hydrogen-bond donors (Lipinski definition) is 0. The van der Waals surface area contributed by atoms with Crippen LogP contribution in [-0.4, -0.2) is 34.6 Å². The quantitative estimate of drug-likeness (QED) is 0.799. The van der Waals surface area contributed by atoms with E-state index < -0.39 is 0 Å². The molecule has 1 saturated heterocycles. The van der Waals surface area contributed by atoms with Crippen LogP contribution in [0.2, 0.25) is 0 Å². The summed E-state index contributed by atoms with van der Waals surface area (Å²) in [7, 11) is 0. The van der Waals surface area contributed by atoms with Gasteiger partial charge in [0.2, 0.25) is 5.91 Å². The maximum absolute atomic E-state index is 12.4. The Balaban J connectivity index is 1.76. The molecule has 0 N–H and O–H groups in total. The molecule has 0 aliphatic carbocycles. The van der Waals surface area contributed by atoms with E-state index >= 15 is 0 Å². The number of aryl methyl sites for hydroxylation is 1. The molecular formula is C19H21N3OS. The van der Waals surface area contributed by atoms with E-state index in [1.165, 1.54) is 18.2 Å². The van der Waals surface area contributed by atoms with Crippen LogP contribution in [0.5, 0.6) is 0 Å². The topological polar surface area (TPSA) is 57.0 Å². The van der Waals surface area contributed by atoms with Gasteiger partial charge in [0.1, 0.15) is 11.1 Å². The molecule has 2 heterocycles. The van der Waals surface area contributed by atoms with Gasteiger partial charge < -0.3 is 4.90 Å². The first kappa shape index (κ1) is 16.8. The molecule has 0 radical (unpaired) electrons. The van der Waals surface area contributed by atoms with Crippen LogP contribution >= 0.6 is 11.8 Å². The molecule has 1 aliphatic rings. The molecule has 5 heteroatoms. The number of nitrogens with zero attached hydrogens (tertiary/aromatic N) is 3. The van der Waals surface area contributed by atoms with Crippen LogP contribution in [0, 0.1) is 24.2 Å². The number of carbonyl (C=O) groups is 1. The molecule has 1 amide bonds. The lowest BCUT2D eigenvalue weighted by atomic mass is 10.0. The average molecular weight is 339 g/mol. The second-order valence-electron chi connectivity index (χ2n) is 6.52. The Labute approximate surface area is 146 Å². The molecule has 1 aromatic carbocycles. The fourth-order valence-corrected chi connectivity index (χ4v) is 3.95. The maximum Gasteiger partial charge on any atom is 0.232 e. The van der Waals surface area contributed by atoms with E-state index in [1.54, 1.807) is 0 Å². The predicted octanol–water partition coefficient (Wildman–Crippen LogP) is 3.77. The molecule has 24 heavy (non-hydrogen) atoms. The van der Waals surface area contributed by atoms with Gasteiger partial charge in [-0.1, -0.05) is 30.8 Å². The summed E-state index contributed by atoms with van der Waals surface area (Å²) in [5.74, 6) is 1.05. The van der Waals surface area contributed by atoms with Crippen molar-refractivity contribution in [3.05, 3.63) is 35.4 Å². The van der Waals surface area contributed by atoms with Crippen molar-refractivity contribution in [3.8, 4) is 6.07 Å². The number of thioether (sulfide) groups is 1. The molecule has 0 unspecified atom stereocenters. The summed E-state index contributed by atoms with van der Waals surface area (Å²) >= 11 is 1.37. The smallest absolute Gasteiger partial charge is 0.232 e. The zero-order valence-corrected chi connectivity index (χ0v) is 14.9. The second kappa shape index (κ2) is 7.23. The lowest BCUT2D eigenvalue weighted by Gasteiger charge is -2.30. The molecule has 0 spiro atoms. The summed E-state index contributed by atoms with van der Waals surface area (Å²) in [5.41, 5.74) is 2.54. The van der Waals surface area contributed by atoms with Gasteiger partial charge in [0.15, 0.2) is 0 Å². The number of pyridine rings is 1. The summed E-state index contributed by atoms with van der Waals surface area (Å²) in [5, 5.41) is 11.0. The van der Waals surface area contributed by atoms with Gasteiger partial charge in [0, 0.05) is 18.5 Å². The molecule has 124 valence electrons. The predicted molar refractivity (Wildman–Crippen MR) is 96.9 cm³/mol. The van der Waals surface area contributed by atoms with Gasteiger partial charge in [0.05, 0.1) is 16.8 Å². The van der Waals surface area contributed by atoms with Crippen molar-refractivity contribution in [1.29, 1.82) is 5.26 Å². The third kappa shape index (κ3) is 3.70. The monoisotopic (exact) mass is 339 g/mol. The molecule has 0 saturated carbocycles.